The molecule has 6 aromatic carbocycles. The van der Waals surface area contributed by atoms with Gasteiger partial charge in [-0.3, -0.25) is 0 Å². The molecule has 0 saturated carbocycles. The lowest BCUT2D eigenvalue weighted by Gasteiger charge is -2.03. The first-order valence-corrected chi connectivity index (χ1v) is 18.6. The summed E-state index contributed by atoms with van der Waals surface area (Å²) >= 11 is 22.9. The number of nitriles is 1. The van der Waals surface area contributed by atoms with E-state index in [2.05, 4.69) is 38.1 Å². The molecule has 0 N–H and O–H groups in total. The fraction of sp³-hybridized carbons (Fsp3) is 0.196. The van der Waals surface area contributed by atoms with Crippen molar-refractivity contribution in [3.8, 4) is 11.8 Å². The molecule has 0 aliphatic heterocycles. The molecule has 0 atom stereocenters. The molecule has 0 aliphatic carbocycles. The fourth-order valence-corrected chi connectivity index (χ4v) is 5.09. The second kappa shape index (κ2) is 26.4. The maximum Gasteiger partial charge on any atom is 0.137 e. The highest BCUT2D eigenvalue weighted by molar-refractivity contribution is 6.42. The summed E-state index contributed by atoms with van der Waals surface area (Å²) in [7, 11) is 1.61. The predicted octanol–water partition coefficient (Wildman–Crippen LogP) is 15.4. The van der Waals surface area contributed by atoms with Gasteiger partial charge in [0, 0.05) is 0 Å². The summed E-state index contributed by atoms with van der Waals surface area (Å²) in [6.07, 6.45) is 1.15. The first-order chi connectivity index (χ1) is 26.0. The average molecular weight is 828 g/mol. The largest absolute Gasteiger partial charge is 0.495 e. The van der Waals surface area contributed by atoms with Crippen LogP contribution < -0.4 is 4.74 Å². The zero-order valence-electron chi connectivity index (χ0n) is 32.3. The van der Waals surface area contributed by atoms with E-state index in [4.69, 9.17) is 56.4 Å². The minimum Gasteiger partial charge on any atom is -0.495 e. The fourth-order valence-electron chi connectivity index (χ4n) is 4.26. The maximum absolute atomic E-state index is 12.3. The van der Waals surface area contributed by atoms with Gasteiger partial charge in [0.05, 0.1) is 32.8 Å². The Morgan fingerprint density at radius 2 is 1.09 bits per heavy atom. The minimum atomic E-state index is -0.395. The summed E-state index contributed by atoms with van der Waals surface area (Å²) in [5.74, 6) is -0.153. The van der Waals surface area contributed by atoms with Crippen LogP contribution in [0.2, 0.25) is 20.1 Å². The number of aryl methyl sites for hydroxylation is 7. The van der Waals surface area contributed by atoms with Crippen LogP contribution in [0.1, 0.15) is 51.4 Å². The molecule has 55 heavy (non-hydrogen) atoms. The Morgan fingerprint density at radius 1 is 0.545 bits per heavy atom. The van der Waals surface area contributed by atoms with E-state index >= 15 is 0 Å². The number of benzene rings is 6. The molecule has 6 aromatic rings. The quantitative estimate of drug-likeness (QED) is 0.174. The van der Waals surface area contributed by atoms with Crippen LogP contribution in [-0.4, -0.2) is 7.11 Å². The zero-order chi connectivity index (χ0) is 41.5. The van der Waals surface area contributed by atoms with E-state index in [9.17, 15) is 13.2 Å². The van der Waals surface area contributed by atoms with Gasteiger partial charge in [0.1, 0.15) is 29.3 Å². The van der Waals surface area contributed by atoms with Crippen LogP contribution in [0.25, 0.3) is 0 Å². The lowest BCUT2D eigenvalue weighted by Crippen LogP contribution is -1.84. The summed E-state index contributed by atoms with van der Waals surface area (Å²) in [5.41, 5.74) is 7.68. The van der Waals surface area contributed by atoms with Gasteiger partial charge in [-0.25, -0.2) is 13.2 Å². The molecule has 0 fully saturated rings. The second-order valence-corrected chi connectivity index (χ2v) is 13.6. The normalized spacial score (nSPS) is 9.42. The summed E-state index contributed by atoms with van der Waals surface area (Å²) in [6.45, 7) is 13.5. The van der Waals surface area contributed by atoms with Gasteiger partial charge in [-0.15, -0.1) is 0 Å². The SMILES string of the molecule is CCc1ccccc1C.COc1cccc(C)c1Cl.Cc1cc(F)ccc1F.Cc1ccc(C#N)c(Cl)c1.Cc1ccc(Cl)c(Cl)c1.Cc1ccccc1F. The highest BCUT2D eigenvalue weighted by Gasteiger charge is 2.00. The van der Waals surface area contributed by atoms with Crippen molar-refractivity contribution < 1.29 is 17.9 Å². The predicted molar refractivity (Wildman–Crippen MR) is 228 cm³/mol. The smallest absolute Gasteiger partial charge is 0.137 e. The van der Waals surface area contributed by atoms with E-state index in [-0.39, 0.29) is 11.6 Å². The van der Waals surface area contributed by atoms with Gasteiger partial charge in [-0.2, -0.15) is 5.26 Å². The number of ether oxygens (including phenoxy) is 1. The number of halogens is 7. The molecule has 290 valence electrons. The molecule has 2 nitrogen and oxygen atoms in total. The first-order valence-electron chi connectivity index (χ1n) is 17.1. The summed E-state index contributed by atoms with van der Waals surface area (Å²) < 4.78 is 41.8. The van der Waals surface area contributed by atoms with E-state index in [0.29, 0.717) is 36.8 Å². The summed E-state index contributed by atoms with van der Waals surface area (Å²) in [5, 5.41) is 10.9. The van der Waals surface area contributed by atoms with Crippen LogP contribution in [0, 0.1) is 70.3 Å². The zero-order valence-corrected chi connectivity index (χ0v) is 35.3. The third-order valence-electron chi connectivity index (χ3n) is 7.54. The van der Waals surface area contributed by atoms with Crippen molar-refractivity contribution in [3.63, 3.8) is 0 Å². The number of rotatable bonds is 2. The topological polar surface area (TPSA) is 33.0 Å². The number of hydrogen-bond donors (Lipinski definition) is 0. The number of nitrogens with zero attached hydrogens (tertiary/aromatic N) is 1. The van der Waals surface area contributed by atoms with Gasteiger partial charge < -0.3 is 4.74 Å². The lowest BCUT2D eigenvalue weighted by atomic mass is 10.1. The molecule has 0 amide bonds. The lowest BCUT2D eigenvalue weighted by molar-refractivity contribution is 0.414. The van der Waals surface area contributed by atoms with Crippen LogP contribution in [0.15, 0.2) is 121 Å². The van der Waals surface area contributed by atoms with Gasteiger partial charge in [0.15, 0.2) is 0 Å². The first kappa shape index (κ1) is 48.6. The van der Waals surface area contributed by atoms with Crippen molar-refractivity contribution in [2.75, 3.05) is 7.11 Å². The van der Waals surface area contributed by atoms with Crippen molar-refractivity contribution in [3.05, 3.63) is 203 Å². The molecule has 0 aromatic heterocycles. The molecule has 0 spiro atoms. The Bertz CT molecular complexity index is 2040. The van der Waals surface area contributed by atoms with Gasteiger partial charge in [-0.1, -0.05) is 120 Å². The van der Waals surface area contributed by atoms with Crippen molar-refractivity contribution in [2.24, 2.45) is 0 Å². The summed E-state index contributed by atoms with van der Waals surface area (Å²) in [6, 6.07) is 37.2. The molecule has 0 radical (unpaired) electrons. The molecule has 9 heteroatoms. The van der Waals surface area contributed by atoms with Crippen molar-refractivity contribution in [2.45, 2.75) is 54.9 Å². The second-order valence-electron chi connectivity index (χ2n) is 12.0. The van der Waals surface area contributed by atoms with Crippen LogP contribution in [-0.2, 0) is 6.42 Å². The molecular formula is C46H46Cl4F3NO. The molecular weight excluding hydrogens is 781 g/mol. The van der Waals surface area contributed by atoms with Crippen LogP contribution in [0.3, 0.4) is 0 Å². The Balaban J connectivity index is 0.000000330. The standard InChI is InChI=1S/C9H12.C8H6ClN.C8H9ClO.C7H6Cl2.C7H6F2.C7H7F/c1-3-9-7-5-4-6-8(9)2;1-6-2-3-7(5-10)8(9)4-6;1-6-4-3-5-7(10-2)8(6)9;1-5-2-3-6(8)7(9)4-5;1-5-4-6(8)2-3-7(5)9;1-6-4-2-3-5-7(6)8/h4-7H,3H2,1-2H3;2-4H,1H3;3-5H,1-2H3;2*2-4H,1H3;2-5H,1H3. The highest BCUT2D eigenvalue weighted by Crippen LogP contribution is 2.26. The van der Waals surface area contributed by atoms with Crippen molar-refractivity contribution in [1.29, 1.82) is 5.26 Å². The third kappa shape index (κ3) is 19.1. The molecule has 0 heterocycles. The van der Waals surface area contributed by atoms with Gasteiger partial charge in [0.2, 0.25) is 0 Å². The van der Waals surface area contributed by atoms with Gasteiger partial charge in [-0.05, 0) is 142 Å². The minimum absolute atomic E-state index is 0.132. The van der Waals surface area contributed by atoms with E-state index in [1.54, 1.807) is 44.4 Å². The van der Waals surface area contributed by atoms with Crippen LogP contribution in [0.4, 0.5) is 13.2 Å². The summed E-state index contributed by atoms with van der Waals surface area (Å²) in [4.78, 5) is 0. The monoisotopic (exact) mass is 825 g/mol. The Hall–Kier alpha value is -4.44. The molecule has 0 unspecified atom stereocenters. The van der Waals surface area contributed by atoms with Gasteiger partial charge in [0.25, 0.3) is 0 Å². The van der Waals surface area contributed by atoms with Gasteiger partial charge >= 0.3 is 0 Å². The Labute approximate surface area is 345 Å². The van der Waals surface area contributed by atoms with E-state index in [1.165, 1.54) is 24.1 Å². The molecule has 0 saturated heterocycles. The van der Waals surface area contributed by atoms with E-state index in [1.807, 2.05) is 69.3 Å². The molecule has 0 bridgehead atoms. The number of methoxy groups -OCH3 is 1. The molecule has 0 aliphatic rings. The van der Waals surface area contributed by atoms with Crippen LogP contribution in [0.5, 0.6) is 5.75 Å². The maximum atomic E-state index is 12.3. The third-order valence-corrected chi connectivity index (χ3v) is 9.07. The Morgan fingerprint density at radius 3 is 1.51 bits per heavy atom. The average Bonchev–Trinajstić information content (AvgIpc) is 3.16. The van der Waals surface area contributed by atoms with Crippen LogP contribution >= 0.6 is 46.4 Å². The van der Waals surface area contributed by atoms with E-state index in [0.717, 1.165) is 47.1 Å². The highest BCUT2D eigenvalue weighted by atomic mass is 35.5. The molecule has 6 rings (SSSR count). The Kier molecular flexibility index (Phi) is 23.3. The van der Waals surface area contributed by atoms with Crippen molar-refractivity contribution in [1.82, 2.24) is 0 Å². The van der Waals surface area contributed by atoms with E-state index < -0.39 is 5.82 Å². The van der Waals surface area contributed by atoms with Crippen molar-refractivity contribution >= 4 is 46.4 Å². The number of hydrogen-bond acceptors (Lipinski definition) is 2.